The molecule has 1 N–H and O–H groups in total. The van der Waals surface area contributed by atoms with Crippen LogP contribution in [0.25, 0.3) is 0 Å². The number of hydrogen-bond acceptors (Lipinski definition) is 3. The van der Waals surface area contributed by atoms with Crippen LogP contribution in [0.4, 0.5) is 14.5 Å². The van der Waals surface area contributed by atoms with Crippen molar-refractivity contribution in [1.29, 1.82) is 0 Å². The van der Waals surface area contributed by atoms with E-state index in [0.717, 1.165) is 37.3 Å². The van der Waals surface area contributed by atoms with E-state index < -0.39 is 0 Å². The first-order valence-electron chi connectivity index (χ1n) is 9.35. The van der Waals surface area contributed by atoms with E-state index in [2.05, 4.69) is 10.2 Å². The van der Waals surface area contributed by atoms with Crippen molar-refractivity contribution in [3.05, 3.63) is 65.7 Å². The molecule has 0 unspecified atom stereocenters. The zero-order chi connectivity index (χ0) is 19.1. The summed E-state index contributed by atoms with van der Waals surface area (Å²) in [4.78, 5) is 16.4. The monoisotopic (exact) mass is 373 g/mol. The Morgan fingerprint density at radius 1 is 0.852 bits per heavy atom. The maximum Gasteiger partial charge on any atom is 0.223 e. The Balaban J connectivity index is 1.32. The van der Waals surface area contributed by atoms with Gasteiger partial charge in [0.15, 0.2) is 0 Å². The predicted octanol–water partition coefficient (Wildman–Crippen LogP) is 2.84. The number of nitrogens with one attached hydrogen (secondary N) is 1. The fourth-order valence-electron chi connectivity index (χ4n) is 3.23. The van der Waals surface area contributed by atoms with E-state index in [-0.39, 0.29) is 17.5 Å². The third-order valence-corrected chi connectivity index (χ3v) is 4.84. The Morgan fingerprint density at radius 2 is 1.44 bits per heavy atom. The van der Waals surface area contributed by atoms with Crippen LogP contribution in [0.15, 0.2) is 48.5 Å². The molecule has 3 rings (SSSR count). The maximum atomic E-state index is 13.0. The molecular formula is C21H25F2N3O. The number of hydrogen-bond donors (Lipinski definition) is 1. The van der Waals surface area contributed by atoms with Crippen molar-refractivity contribution in [3.8, 4) is 0 Å². The van der Waals surface area contributed by atoms with Crippen molar-refractivity contribution in [3.63, 3.8) is 0 Å². The van der Waals surface area contributed by atoms with Crippen LogP contribution in [0.2, 0.25) is 0 Å². The Hall–Kier alpha value is -2.47. The van der Waals surface area contributed by atoms with E-state index >= 15 is 0 Å². The number of rotatable bonds is 7. The van der Waals surface area contributed by atoms with E-state index in [4.69, 9.17) is 0 Å². The molecule has 0 radical (unpaired) electrons. The van der Waals surface area contributed by atoms with Crippen LogP contribution in [0.1, 0.15) is 12.0 Å². The summed E-state index contributed by atoms with van der Waals surface area (Å²) in [6, 6.07) is 13.0. The highest BCUT2D eigenvalue weighted by molar-refractivity contribution is 5.76. The quantitative estimate of drug-likeness (QED) is 0.758. The fraction of sp³-hybridized carbons (Fsp3) is 0.381. The van der Waals surface area contributed by atoms with Gasteiger partial charge in [0.25, 0.3) is 0 Å². The van der Waals surface area contributed by atoms with Crippen LogP contribution in [-0.4, -0.2) is 50.1 Å². The molecule has 1 aliphatic heterocycles. The van der Waals surface area contributed by atoms with Crippen molar-refractivity contribution < 1.29 is 13.6 Å². The first-order valence-corrected chi connectivity index (χ1v) is 9.35. The topological polar surface area (TPSA) is 35.6 Å². The Labute approximate surface area is 158 Å². The molecule has 0 atom stereocenters. The van der Waals surface area contributed by atoms with Crippen molar-refractivity contribution in [1.82, 2.24) is 10.2 Å². The Bertz CT molecular complexity index is 726. The van der Waals surface area contributed by atoms with Gasteiger partial charge in [0, 0.05) is 44.8 Å². The summed E-state index contributed by atoms with van der Waals surface area (Å²) in [7, 11) is 0. The molecule has 144 valence electrons. The molecule has 0 aliphatic carbocycles. The molecule has 2 aromatic carbocycles. The molecule has 2 aromatic rings. The highest BCUT2D eigenvalue weighted by Crippen LogP contribution is 2.17. The van der Waals surface area contributed by atoms with Crippen LogP contribution in [0.5, 0.6) is 0 Å². The average Bonchev–Trinajstić information content (AvgIpc) is 2.70. The average molecular weight is 373 g/mol. The van der Waals surface area contributed by atoms with E-state index in [1.165, 1.54) is 24.3 Å². The molecule has 4 nitrogen and oxygen atoms in total. The summed E-state index contributed by atoms with van der Waals surface area (Å²) >= 11 is 0. The highest BCUT2D eigenvalue weighted by atomic mass is 19.1. The summed E-state index contributed by atoms with van der Waals surface area (Å²) < 4.78 is 25.9. The predicted molar refractivity (Wildman–Crippen MR) is 103 cm³/mol. The smallest absolute Gasteiger partial charge is 0.223 e. The zero-order valence-corrected chi connectivity index (χ0v) is 15.3. The van der Waals surface area contributed by atoms with Gasteiger partial charge in [0.05, 0.1) is 0 Å². The highest BCUT2D eigenvalue weighted by Gasteiger charge is 2.20. The van der Waals surface area contributed by atoms with Gasteiger partial charge in [-0.3, -0.25) is 4.79 Å². The summed E-state index contributed by atoms with van der Waals surface area (Å²) in [5.41, 5.74) is 2.07. The first kappa shape index (κ1) is 19.3. The number of benzene rings is 2. The van der Waals surface area contributed by atoms with E-state index in [0.29, 0.717) is 26.1 Å². The van der Waals surface area contributed by atoms with Crippen molar-refractivity contribution >= 4 is 11.6 Å². The molecule has 0 bridgehead atoms. The minimum atomic E-state index is -0.237. The summed E-state index contributed by atoms with van der Waals surface area (Å²) in [5.74, 6) is -0.306. The van der Waals surface area contributed by atoms with Gasteiger partial charge >= 0.3 is 0 Å². The van der Waals surface area contributed by atoms with Crippen LogP contribution in [-0.2, 0) is 11.2 Å². The van der Waals surface area contributed by atoms with Gasteiger partial charge in [0.2, 0.25) is 5.91 Å². The molecule has 27 heavy (non-hydrogen) atoms. The van der Waals surface area contributed by atoms with E-state index in [1.807, 2.05) is 4.90 Å². The number of amides is 1. The SMILES string of the molecule is O=C(CCNCCc1ccc(F)cc1)N1CCN(c2ccc(F)cc2)CC1. The van der Waals surface area contributed by atoms with Crippen LogP contribution in [0, 0.1) is 11.6 Å². The lowest BCUT2D eigenvalue weighted by atomic mass is 10.1. The summed E-state index contributed by atoms with van der Waals surface area (Å²) in [6.07, 6.45) is 1.28. The van der Waals surface area contributed by atoms with Crippen molar-refractivity contribution in [2.45, 2.75) is 12.8 Å². The lowest BCUT2D eigenvalue weighted by molar-refractivity contribution is -0.131. The van der Waals surface area contributed by atoms with Crippen LogP contribution >= 0.6 is 0 Å². The number of nitrogens with zero attached hydrogens (tertiary/aromatic N) is 2. The molecule has 0 saturated carbocycles. The summed E-state index contributed by atoms with van der Waals surface area (Å²) in [6.45, 7) is 4.29. The van der Waals surface area contributed by atoms with Gasteiger partial charge in [0.1, 0.15) is 11.6 Å². The lowest BCUT2D eigenvalue weighted by Gasteiger charge is -2.36. The lowest BCUT2D eigenvalue weighted by Crippen LogP contribution is -2.49. The minimum absolute atomic E-state index is 0.156. The second kappa shape index (κ2) is 9.46. The second-order valence-corrected chi connectivity index (χ2v) is 6.72. The maximum absolute atomic E-state index is 13.0. The normalized spacial score (nSPS) is 14.4. The van der Waals surface area contributed by atoms with Gasteiger partial charge in [-0.2, -0.15) is 0 Å². The number of carbonyl (C=O) groups is 1. The second-order valence-electron chi connectivity index (χ2n) is 6.72. The zero-order valence-electron chi connectivity index (χ0n) is 15.3. The molecule has 1 heterocycles. The molecular weight excluding hydrogens is 348 g/mol. The third-order valence-electron chi connectivity index (χ3n) is 4.84. The minimum Gasteiger partial charge on any atom is -0.368 e. The van der Waals surface area contributed by atoms with Crippen molar-refractivity contribution in [2.24, 2.45) is 0 Å². The van der Waals surface area contributed by atoms with Crippen LogP contribution in [0.3, 0.4) is 0 Å². The van der Waals surface area contributed by atoms with Gasteiger partial charge < -0.3 is 15.1 Å². The van der Waals surface area contributed by atoms with E-state index in [1.54, 1.807) is 24.3 Å². The fourth-order valence-corrected chi connectivity index (χ4v) is 3.23. The number of piperazine rings is 1. The van der Waals surface area contributed by atoms with Gasteiger partial charge in [-0.05, 0) is 54.9 Å². The standard InChI is InChI=1S/C21H25F2N3O/c22-18-3-1-17(2-4-18)9-11-24-12-10-21(27)26-15-13-25(14-16-26)20-7-5-19(23)6-8-20/h1-8,24H,9-16H2. The van der Waals surface area contributed by atoms with E-state index in [9.17, 15) is 13.6 Å². The number of anilines is 1. The van der Waals surface area contributed by atoms with Gasteiger partial charge in [-0.15, -0.1) is 0 Å². The molecule has 0 aromatic heterocycles. The number of halogens is 2. The largest absolute Gasteiger partial charge is 0.368 e. The molecule has 0 spiro atoms. The molecule has 6 heteroatoms. The van der Waals surface area contributed by atoms with Gasteiger partial charge in [-0.25, -0.2) is 8.78 Å². The third kappa shape index (κ3) is 5.76. The van der Waals surface area contributed by atoms with Crippen molar-refractivity contribution in [2.75, 3.05) is 44.2 Å². The molecule has 1 saturated heterocycles. The Kier molecular flexibility index (Phi) is 6.76. The number of carbonyl (C=O) groups excluding carboxylic acids is 1. The van der Waals surface area contributed by atoms with Gasteiger partial charge in [-0.1, -0.05) is 12.1 Å². The molecule has 1 fully saturated rings. The molecule has 1 aliphatic rings. The molecule has 1 amide bonds. The first-order chi connectivity index (χ1) is 13.1. The van der Waals surface area contributed by atoms with Crippen LogP contribution < -0.4 is 10.2 Å². The summed E-state index contributed by atoms with van der Waals surface area (Å²) in [5, 5.41) is 3.27. The Morgan fingerprint density at radius 3 is 2.07 bits per heavy atom.